The van der Waals surface area contributed by atoms with Crippen molar-refractivity contribution < 1.29 is 9.09 Å². The molecule has 0 heterocycles. The van der Waals surface area contributed by atoms with E-state index in [1.165, 1.54) is 6.66 Å². The molecule has 0 aliphatic carbocycles. The minimum absolute atomic E-state index is 0.628. The molecule has 0 amide bonds. The summed E-state index contributed by atoms with van der Waals surface area (Å²) in [7, 11) is 0. The van der Waals surface area contributed by atoms with Crippen LogP contribution in [0.2, 0.25) is 0 Å². The van der Waals surface area contributed by atoms with Gasteiger partial charge in [0.05, 0.1) is 0 Å². The summed E-state index contributed by atoms with van der Waals surface area (Å²) >= 11 is 5.54. The SMILES string of the molecule is Cc1cccc(C)c1OP(C)(=O)Cl. The van der Waals surface area contributed by atoms with Gasteiger partial charge in [0.25, 0.3) is 0 Å². The quantitative estimate of drug-likeness (QED) is 0.707. The molecule has 0 N–H and O–H groups in total. The number of hydrogen-bond acceptors (Lipinski definition) is 2. The van der Waals surface area contributed by atoms with E-state index in [4.69, 9.17) is 15.8 Å². The van der Waals surface area contributed by atoms with Gasteiger partial charge >= 0.3 is 6.72 Å². The average molecular weight is 219 g/mol. The van der Waals surface area contributed by atoms with Crippen molar-refractivity contribution in [2.24, 2.45) is 0 Å². The van der Waals surface area contributed by atoms with Gasteiger partial charge in [-0.05, 0) is 36.2 Å². The molecule has 1 rings (SSSR count). The highest BCUT2D eigenvalue weighted by Gasteiger charge is 2.15. The lowest BCUT2D eigenvalue weighted by Gasteiger charge is -2.12. The first-order valence-electron chi connectivity index (χ1n) is 3.93. The van der Waals surface area contributed by atoms with Crippen molar-refractivity contribution >= 4 is 18.0 Å². The molecule has 4 heteroatoms. The lowest BCUT2D eigenvalue weighted by atomic mass is 10.1. The molecule has 0 radical (unpaired) electrons. The lowest BCUT2D eigenvalue weighted by molar-refractivity contribution is 0.500. The molecule has 0 fully saturated rings. The van der Waals surface area contributed by atoms with Crippen molar-refractivity contribution in [1.29, 1.82) is 0 Å². The molecule has 1 unspecified atom stereocenters. The molecule has 72 valence electrons. The van der Waals surface area contributed by atoms with Gasteiger partial charge < -0.3 is 4.52 Å². The largest absolute Gasteiger partial charge is 0.432 e. The van der Waals surface area contributed by atoms with Gasteiger partial charge in [-0.1, -0.05) is 18.2 Å². The van der Waals surface area contributed by atoms with Gasteiger partial charge in [-0.2, -0.15) is 0 Å². The summed E-state index contributed by atoms with van der Waals surface area (Å²) in [6.45, 7) is 2.22. The van der Waals surface area contributed by atoms with Crippen molar-refractivity contribution in [2.45, 2.75) is 13.8 Å². The number of rotatable bonds is 2. The first kappa shape index (κ1) is 10.6. The second-order valence-electron chi connectivity index (χ2n) is 3.06. The van der Waals surface area contributed by atoms with E-state index in [1.807, 2.05) is 32.0 Å². The maximum absolute atomic E-state index is 11.2. The van der Waals surface area contributed by atoms with Crippen LogP contribution in [0.15, 0.2) is 18.2 Å². The molecule has 1 aromatic rings. The van der Waals surface area contributed by atoms with Crippen LogP contribution in [0.5, 0.6) is 5.75 Å². The number of halogens is 1. The Morgan fingerprint density at radius 1 is 1.31 bits per heavy atom. The zero-order valence-electron chi connectivity index (χ0n) is 7.87. The first-order valence-corrected chi connectivity index (χ1v) is 6.91. The van der Waals surface area contributed by atoms with Crippen molar-refractivity contribution in [3.8, 4) is 5.75 Å². The minimum Gasteiger partial charge on any atom is -0.432 e. The lowest BCUT2D eigenvalue weighted by Crippen LogP contribution is -1.91. The topological polar surface area (TPSA) is 26.3 Å². The third kappa shape index (κ3) is 3.06. The second-order valence-corrected chi connectivity index (χ2v) is 6.58. The van der Waals surface area contributed by atoms with Crippen LogP contribution in [0.3, 0.4) is 0 Å². The van der Waals surface area contributed by atoms with E-state index >= 15 is 0 Å². The molecule has 1 aromatic carbocycles. The number of benzene rings is 1. The standard InChI is InChI=1S/C9H12ClO2P/c1-7-5-4-6-8(2)9(7)12-13(3,10)11/h4-6H,1-3H3. The van der Waals surface area contributed by atoms with Gasteiger partial charge in [-0.3, -0.25) is 4.57 Å². The van der Waals surface area contributed by atoms with E-state index < -0.39 is 6.72 Å². The van der Waals surface area contributed by atoms with Crippen molar-refractivity contribution in [1.82, 2.24) is 0 Å². The molecule has 0 bridgehead atoms. The number of aryl methyl sites for hydroxylation is 2. The van der Waals surface area contributed by atoms with Crippen LogP contribution in [0, 0.1) is 13.8 Å². The summed E-state index contributed by atoms with van der Waals surface area (Å²) in [4.78, 5) is 0. The Morgan fingerprint density at radius 3 is 2.15 bits per heavy atom. The van der Waals surface area contributed by atoms with Gasteiger partial charge in [0.1, 0.15) is 5.75 Å². The van der Waals surface area contributed by atoms with E-state index in [9.17, 15) is 4.57 Å². The normalized spacial score (nSPS) is 15.1. The van der Waals surface area contributed by atoms with Crippen LogP contribution in [0.1, 0.15) is 11.1 Å². The Morgan fingerprint density at radius 2 is 1.77 bits per heavy atom. The Labute approximate surface area is 83.1 Å². The molecule has 2 nitrogen and oxygen atoms in total. The van der Waals surface area contributed by atoms with E-state index in [0.29, 0.717) is 5.75 Å². The molecule has 0 spiro atoms. The monoisotopic (exact) mass is 218 g/mol. The van der Waals surface area contributed by atoms with Gasteiger partial charge in [-0.25, -0.2) is 0 Å². The highest BCUT2D eigenvalue weighted by atomic mass is 35.7. The van der Waals surface area contributed by atoms with Crippen LogP contribution in [0.25, 0.3) is 0 Å². The second kappa shape index (κ2) is 3.73. The van der Waals surface area contributed by atoms with Crippen LogP contribution < -0.4 is 4.52 Å². The molecular formula is C9H12ClO2P. The predicted octanol–water partition coefficient (Wildman–Crippen LogP) is 3.74. The maximum atomic E-state index is 11.2. The first-order chi connectivity index (χ1) is 5.90. The third-order valence-electron chi connectivity index (χ3n) is 1.66. The summed E-state index contributed by atoms with van der Waals surface area (Å²) in [6, 6.07) is 5.72. The Bertz CT molecular complexity index is 336. The average Bonchev–Trinajstić information content (AvgIpc) is 1.95. The smallest absolute Gasteiger partial charge is 0.333 e. The fraction of sp³-hybridized carbons (Fsp3) is 0.333. The van der Waals surface area contributed by atoms with Gasteiger partial charge in [0, 0.05) is 6.66 Å². The van der Waals surface area contributed by atoms with E-state index in [2.05, 4.69) is 0 Å². The van der Waals surface area contributed by atoms with E-state index in [-0.39, 0.29) is 0 Å². The maximum Gasteiger partial charge on any atom is 0.333 e. The highest BCUT2D eigenvalue weighted by molar-refractivity contribution is 7.85. The van der Waals surface area contributed by atoms with E-state index in [1.54, 1.807) is 0 Å². The molecular weight excluding hydrogens is 207 g/mol. The molecule has 0 saturated carbocycles. The number of para-hydroxylation sites is 1. The zero-order valence-corrected chi connectivity index (χ0v) is 9.52. The van der Waals surface area contributed by atoms with Crippen molar-refractivity contribution in [3.05, 3.63) is 29.3 Å². The minimum atomic E-state index is -2.97. The molecule has 0 aliphatic heterocycles. The van der Waals surface area contributed by atoms with E-state index in [0.717, 1.165) is 11.1 Å². The molecule has 1 atom stereocenters. The van der Waals surface area contributed by atoms with Gasteiger partial charge in [0.15, 0.2) is 0 Å². The van der Waals surface area contributed by atoms with Crippen LogP contribution in [0.4, 0.5) is 0 Å². The summed E-state index contributed by atoms with van der Waals surface area (Å²) < 4.78 is 16.4. The summed E-state index contributed by atoms with van der Waals surface area (Å²) in [5.74, 6) is 0.628. The predicted molar refractivity (Wildman–Crippen MR) is 55.9 cm³/mol. The van der Waals surface area contributed by atoms with Crippen molar-refractivity contribution in [2.75, 3.05) is 6.66 Å². The van der Waals surface area contributed by atoms with Crippen LogP contribution in [-0.4, -0.2) is 6.66 Å². The highest BCUT2D eigenvalue weighted by Crippen LogP contribution is 2.49. The molecule has 0 saturated heterocycles. The number of hydrogen-bond donors (Lipinski definition) is 0. The van der Waals surface area contributed by atoms with Crippen LogP contribution >= 0.6 is 18.0 Å². The summed E-state index contributed by atoms with van der Waals surface area (Å²) in [6.07, 6.45) is 0. The Kier molecular flexibility index (Phi) is 3.05. The van der Waals surface area contributed by atoms with Gasteiger partial charge in [-0.15, -0.1) is 0 Å². The van der Waals surface area contributed by atoms with Gasteiger partial charge in [0.2, 0.25) is 0 Å². The van der Waals surface area contributed by atoms with Crippen LogP contribution in [-0.2, 0) is 4.57 Å². The fourth-order valence-electron chi connectivity index (χ4n) is 1.11. The fourth-order valence-corrected chi connectivity index (χ4v) is 1.93. The summed E-state index contributed by atoms with van der Waals surface area (Å²) in [5.41, 5.74) is 1.89. The summed E-state index contributed by atoms with van der Waals surface area (Å²) in [5, 5.41) is 0. The molecule has 0 aromatic heterocycles. The third-order valence-corrected chi connectivity index (χ3v) is 2.38. The zero-order chi connectivity index (χ0) is 10.1. The van der Waals surface area contributed by atoms with Crippen molar-refractivity contribution in [3.63, 3.8) is 0 Å². The Balaban J connectivity index is 3.07. The molecule has 0 aliphatic rings. The molecule has 13 heavy (non-hydrogen) atoms. The Hall–Kier alpha value is -0.460.